The van der Waals surface area contributed by atoms with Crippen molar-refractivity contribution in [2.75, 3.05) is 20.1 Å². The standard InChI is InChI=1S/C17H33N3/c1-13(2)20-9-7-14(8-10-20)18-15-11-16-5-4-6-17(12-15)19(16)3/h13-18H,4-12H2,1-3H3. The molecule has 1 N–H and O–H groups in total. The first-order valence-electron chi connectivity index (χ1n) is 8.85. The first-order valence-corrected chi connectivity index (χ1v) is 8.85. The van der Waals surface area contributed by atoms with Crippen LogP contribution in [0.4, 0.5) is 0 Å². The van der Waals surface area contributed by atoms with Crippen LogP contribution in [-0.2, 0) is 0 Å². The summed E-state index contributed by atoms with van der Waals surface area (Å²) < 4.78 is 0. The molecule has 0 radical (unpaired) electrons. The maximum atomic E-state index is 4.01. The van der Waals surface area contributed by atoms with E-state index in [-0.39, 0.29) is 0 Å². The van der Waals surface area contributed by atoms with Crippen LogP contribution < -0.4 is 5.32 Å². The Morgan fingerprint density at radius 2 is 1.50 bits per heavy atom. The van der Waals surface area contributed by atoms with Crippen molar-refractivity contribution in [3.63, 3.8) is 0 Å². The van der Waals surface area contributed by atoms with Crippen LogP contribution in [0.5, 0.6) is 0 Å². The Morgan fingerprint density at radius 1 is 0.900 bits per heavy atom. The maximum Gasteiger partial charge on any atom is 0.0110 e. The number of likely N-dealkylation sites (tertiary alicyclic amines) is 1. The van der Waals surface area contributed by atoms with E-state index in [9.17, 15) is 0 Å². The molecule has 3 saturated heterocycles. The van der Waals surface area contributed by atoms with E-state index in [2.05, 4.69) is 36.0 Å². The number of hydrogen-bond acceptors (Lipinski definition) is 3. The highest BCUT2D eigenvalue weighted by molar-refractivity contribution is 4.95. The Labute approximate surface area is 125 Å². The van der Waals surface area contributed by atoms with Gasteiger partial charge in [-0.15, -0.1) is 0 Å². The normalized spacial score (nSPS) is 37.5. The minimum atomic E-state index is 0.721. The van der Waals surface area contributed by atoms with Gasteiger partial charge >= 0.3 is 0 Å². The molecule has 0 saturated carbocycles. The molecule has 3 aliphatic heterocycles. The summed E-state index contributed by atoms with van der Waals surface area (Å²) in [6.45, 7) is 7.22. The molecule has 0 aromatic heterocycles. The van der Waals surface area contributed by atoms with Crippen LogP contribution in [0.3, 0.4) is 0 Å². The summed E-state index contributed by atoms with van der Waals surface area (Å²) in [4.78, 5) is 5.30. The topological polar surface area (TPSA) is 18.5 Å². The quantitative estimate of drug-likeness (QED) is 0.856. The predicted molar refractivity (Wildman–Crippen MR) is 85.1 cm³/mol. The fourth-order valence-electron chi connectivity index (χ4n) is 4.67. The van der Waals surface area contributed by atoms with Gasteiger partial charge in [0.05, 0.1) is 0 Å². The molecule has 0 aliphatic carbocycles. The molecule has 0 aromatic rings. The summed E-state index contributed by atoms with van der Waals surface area (Å²) in [7, 11) is 2.35. The average molecular weight is 279 g/mol. The lowest BCUT2D eigenvalue weighted by molar-refractivity contribution is 0.0419. The lowest BCUT2D eigenvalue weighted by Gasteiger charge is -2.48. The minimum Gasteiger partial charge on any atom is -0.311 e. The second kappa shape index (κ2) is 6.33. The van der Waals surface area contributed by atoms with Gasteiger partial charge in [0.1, 0.15) is 0 Å². The zero-order chi connectivity index (χ0) is 14.1. The van der Waals surface area contributed by atoms with Crippen LogP contribution in [0.25, 0.3) is 0 Å². The zero-order valence-electron chi connectivity index (χ0n) is 13.6. The Morgan fingerprint density at radius 3 is 2.05 bits per heavy atom. The van der Waals surface area contributed by atoms with Crippen molar-refractivity contribution in [3.8, 4) is 0 Å². The molecule has 0 aromatic carbocycles. The number of fused-ring (bicyclic) bond motifs is 2. The van der Waals surface area contributed by atoms with Crippen molar-refractivity contribution in [2.45, 2.75) is 89.0 Å². The van der Waals surface area contributed by atoms with Crippen LogP contribution in [-0.4, -0.2) is 60.1 Å². The Bertz CT molecular complexity index is 295. The molecule has 2 unspecified atom stereocenters. The number of nitrogens with one attached hydrogen (secondary N) is 1. The Balaban J connectivity index is 1.47. The smallest absolute Gasteiger partial charge is 0.0110 e. The minimum absolute atomic E-state index is 0.721. The van der Waals surface area contributed by atoms with E-state index in [1.165, 1.54) is 58.0 Å². The van der Waals surface area contributed by atoms with Crippen molar-refractivity contribution in [1.82, 2.24) is 15.1 Å². The van der Waals surface area contributed by atoms with Crippen LogP contribution in [0.2, 0.25) is 0 Å². The highest BCUT2D eigenvalue weighted by Gasteiger charge is 2.36. The number of nitrogens with zero attached hydrogens (tertiary/aromatic N) is 2. The number of piperidine rings is 3. The molecule has 3 fully saturated rings. The summed E-state index contributed by atoms with van der Waals surface area (Å²) in [5.41, 5.74) is 0. The molecule has 3 heterocycles. The molecular formula is C17H33N3. The Hall–Kier alpha value is -0.120. The first-order chi connectivity index (χ1) is 9.63. The fraction of sp³-hybridized carbons (Fsp3) is 1.00. The monoisotopic (exact) mass is 279 g/mol. The second-order valence-corrected chi connectivity index (χ2v) is 7.64. The predicted octanol–water partition coefficient (Wildman–Crippen LogP) is 2.46. The average Bonchev–Trinajstić information content (AvgIpc) is 2.40. The molecule has 2 bridgehead atoms. The van der Waals surface area contributed by atoms with Crippen molar-refractivity contribution >= 4 is 0 Å². The van der Waals surface area contributed by atoms with E-state index in [0.717, 1.165) is 30.2 Å². The van der Waals surface area contributed by atoms with Gasteiger partial charge in [0, 0.05) is 30.2 Å². The van der Waals surface area contributed by atoms with Crippen molar-refractivity contribution < 1.29 is 0 Å². The van der Waals surface area contributed by atoms with Crippen LogP contribution in [0.1, 0.15) is 58.8 Å². The fourth-order valence-corrected chi connectivity index (χ4v) is 4.67. The largest absolute Gasteiger partial charge is 0.311 e. The van der Waals surface area contributed by atoms with Gasteiger partial charge in [-0.25, -0.2) is 0 Å². The van der Waals surface area contributed by atoms with Gasteiger partial charge in [0.2, 0.25) is 0 Å². The van der Waals surface area contributed by atoms with E-state index in [4.69, 9.17) is 0 Å². The van der Waals surface area contributed by atoms with Gasteiger partial charge in [-0.1, -0.05) is 6.42 Å². The summed E-state index contributed by atoms with van der Waals surface area (Å²) >= 11 is 0. The van der Waals surface area contributed by atoms with Crippen molar-refractivity contribution in [1.29, 1.82) is 0 Å². The van der Waals surface area contributed by atoms with E-state index in [1.807, 2.05) is 0 Å². The molecule has 20 heavy (non-hydrogen) atoms. The summed E-state index contributed by atoms with van der Waals surface area (Å²) in [5, 5.41) is 4.01. The third kappa shape index (κ3) is 3.20. The lowest BCUT2D eigenvalue weighted by atomic mass is 9.82. The van der Waals surface area contributed by atoms with E-state index >= 15 is 0 Å². The molecule has 3 heteroatoms. The summed E-state index contributed by atoms with van der Waals surface area (Å²) in [5.74, 6) is 0. The highest BCUT2D eigenvalue weighted by Crippen LogP contribution is 2.33. The van der Waals surface area contributed by atoms with Crippen LogP contribution in [0.15, 0.2) is 0 Å². The Kier molecular flexibility index (Phi) is 4.68. The molecular weight excluding hydrogens is 246 g/mol. The molecule has 2 atom stereocenters. The van der Waals surface area contributed by atoms with Gasteiger partial charge < -0.3 is 15.1 Å². The van der Waals surface area contributed by atoms with Gasteiger partial charge in [-0.3, -0.25) is 0 Å². The third-order valence-electron chi connectivity index (χ3n) is 6.07. The summed E-state index contributed by atoms with van der Waals surface area (Å²) in [6, 6.07) is 4.00. The van der Waals surface area contributed by atoms with Gasteiger partial charge in [-0.2, -0.15) is 0 Å². The van der Waals surface area contributed by atoms with Crippen molar-refractivity contribution in [3.05, 3.63) is 0 Å². The first kappa shape index (κ1) is 14.8. The molecule has 0 spiro atoms. The van der Waals surface area contributed by atoms with Gasteiger partial charge in [-0.05, 0) is 72.5 Å². The highest BCUT2D eigenvalue weighted by atomic mass is 15.2. The molecule has 3 aliphatic rings. The van der Waals surface area contributed by atoms with Crippen molar-refractivity contribution in [2.24, 2.45) is 0 Å². The molecule has 116 valence electrons. The van der Waals surface area contributed by atoms with Gasteiger partial charge in [0.15, 0.2) is 0 Å². The third-order valence-corrected chi connectivity index (χ3v) is 6.07. The van der Waals surface area contributed by atoms with E-state index in [0.29, 0.717) is 0 Å². The maximum absolute atomic E-state index is 4.01. The second-order valence-electron chi connectivity index (χ2n) is 7.64. The number of rotatable bonds is 3. The summed E-state index contributed by atoms with van der Waals surface area (Å²) in [6.07, 6.45) is 9.78. The molecule has 3 rings (SSSR count). The lowest BCUT2D eigenvalue weighted by Crippen LogP contribution is -2.57. The van der Waals surface area contributed by atoms with Gasteiger partial charge in [0.25, 0.3) is 0 Å². The van der Waals surface area contributed by atoms with Crippen LogP contribution >= 0.6 is 0 Å². The van der Waals surface area contributed by atoms with E-state index < -0.39 is 0 Å². The number of hydrogen-bond donors (Lipinski definition) is 1. The zero-order valence-corrected chi connectivity index (χ0v) is 13.6. The van der Waals surface area contributed by atoms with E-state index in [1.54, 1.807) is 0 Å². The molecule has 0 amide bonds. The molecule has 3 nitrogen and oxygen atoms in total. The van der Waals surface area contributed by atoms with Crippen LogP contribution in [0, 0.1) is 0 Å². The SMILES string of the molecule is CC(C)N1CCC(NC2CC3CCCC(C2)N3C)CC1.